The third-order valence-electron chi connectivity index (χ3n) is 3.43. The molecule has 126 valence electrons. The van der Waals surface area contributed by atoms with Crippen molar-refractivity contribution >= 4 is 11.7 Å². The van der Waals surface area contributed by atoms with Gasteiger partial charge < -0.3 is 15.0 Å². The topological polar surface area (TPSA) is 88.3 Å². The molecule has 1 heterocycles. The Kier molecular flexibility index (Phi) is 5.52. The molecule has 0 fully saturated rings. The van der Waals surface area contributed by atoms with Gasteiger partial charge in [0.25, 0.3) is 5.91 Å². The molecule has 2 rings (SSSR count). The van der Waals surface area contributed by atoms with E-state index >= 15 is 0 Å². The molecule has 1 amide bonds. The smallest absolute Gasteiger partial charge is 0.261 e. The number of aromatic amines is 1. The predicted octanol–water partition coefficient (Wildman–Crippen LogP) is 1.97. The second-order valence-electron chi connectivity index (χ2n) is 5.60. The number of ether oxygens (including phenoxy) is 1. The van der Waals surface area contributed by atoms with E-state index in [9.17, 15) is 14.4 Å². The van der Waals surface area contributed by atoms with Crippen LogP contribution in [0, 0.1) is 6.92 Å². The minimum atomic E-state index is -0.727. The minimum absolute atomic E-state index is 0.0674. The Morgan fingerprint density at radius 3 is 2.67 bits per heavy atom. The molecule has 1 aromatic heterocycles. The molecule has 2 N–H and O–H groups in total. The highest BCUT2D eigenvalue weighted by molar-refractivity contribution is 5.94. The molecule has 24 heavy (non-hydrogen) atoms. The molecule has 0 aliphatic rings. The van der Waals surface area contributed by atoms with Crippen molar-refractivity contribution in [3.05, 3.63) is 63.6 Å². The number of aryl methyl sites for hydroxylation is 1. The highest BCUT2D eigenvalue weighted by Gasteiger charge is 2.15. The van der Waals surface area contributed by atoms with Crippen molar-refractivity contribution in [3.8, 4) is 5.75 Å². The normalized spacial score (nSPS) is 11.6. The number of carbonyl (C=O) groups is 2. The fourth-order valence-electron chi connectivity index (χ4n) is 2.24. The molecule has 1 unspecified atom stereocenters. The van der Waals surface area contributed by atoms with Crippen LogP contribution in [-0.4, -0.2) is 22.8 Å². The second-order valence-corrected chi connectivity index (χ2v) is 5.60. The maximum atomic E-state index is 12.1. The second kappa shape index (κ2) is 7.59. The lowest BCUT2D eigenvalue weighted by Crippen LogP contribution is -2.36. The molecule has 0 saturated heterocycles. The van der Waals surface area contributed by atoms with Gasteiger partial charge in [-0.2, -0.15) is 0 Å². The summed E-state index contributed by atoms with van der Waals surface area (Å²) in [4.78, 5) is 37.5. The molecule has 0 saturated carbocycles. The fourth-order valence-corrected chi connectivity index (χ4v) is 2.24. The van der Waals surface area contributed by atoms with E-state index in [-0.39, 0.29) is 23.8 Å². The van der Waals surface area contributed by atoms with Crippen molar-refractivity contribution in [1.82, 2.24) is 10.3 Å². The van der Waals surface area contributed by atoms with Crippen LogP contribution in [0.25, 0.3) is 0 Å². The van der Waals surface area contributed by atoms with Crippen molar-refractivity contribution in [2.24, 2.45) is 0 Å². The Balaban J connectivity index is 1.96. The van der Waals surface area contributed by atoms with Gasteiger partial charge >= 0.3 is 0 Å². The Morgan fingerprint density at radius 1 is 1.25 bits per heavy atom. The monoisotopic (exact) mass is 328 g/mol. The van der Waals surface area contributed by atoms with Gasteiger partial charge in [-0.15, -0.1) is 0 Å². The quantitative estimate of drug-likeness (QED) is 0.794. The van der Waals surface area contributed by atoms with E-state index in [2.05, 4.69) is 10.3 Å². The lowest BCUT2D eigenvalue weighted by Gasteiger charge is -2.15. The van der Waals surface area contributed by atoms with Gasteiger partial charge in [0.15, 0.2) is 11.9 Å². The van der Waals surface area contributed by atoms with E-state index in [1.165, 1.54) is 13.0 Å². The number of aromatic nitrogens is 1. The van der Waals surface area contributed by atoms with Gasteiger partial charge in [-0.25, -0.2) is 0 Å². The van der Waals surface area contributed by atoms with Gasteiger partial charge in [-0.1, -0.05) is 12.1 Å². The zero-order valence-electron chi connectivity index (χ0n) is 13.9. The Bertz CT molecular complexity index is 811. The number of pyridine rings is 1. The zero-order chi connectivity index (χ0) is 17.7. The van der Waals surface area contributed by atoms with Crippen LogP contribution >= 0.6 is 0 Å². The van der Waals surface area contributed by atoms with Crippen molar-refractivity contribution in [3.63, 3.8) is 0 Å². The Labute approximate surface area is 139 Å². The third-order valence-corrected chi connectivity index (χ3v) is 3.43. The number of ketones is 1. The van der Waals surface area contributed by atoms with E-state index in [4.69, 9.17) is 4.74 Å². The summed E-state index contributed by atoms with van der Waals surface area (Å²) in [7, 11) is 0. The number of Topliss-reactive ketones (excluding diaryl/α,β-unsaturated/α-hetero) is 1. The molecule has 0 aliphatic carbocycles. The summed E-state index contributed by atoms with van der Waals surface area (Å²) in [6, 6.07) is 9.92. The van der Waals surface area contributed by atoms with Gasteiger partial charge in [-0.05, 0) is 44.5 Å². The van der Waals surface area contributed by atoms with Crippen molar-refractivity contribution in [2.75, 3.05) is 0 Å². The standard InChI is InChI=1S/C18H20N2O4/c1-11-7-14(8-17(22)20-11)10-19-18(23)13(3)24-16-6-4-5-15(9-16)12(2)21/h4-9,13H,10H2,1-3H3,(H,19,23)(H,20,22). The fraction of sp³-hybridized carbons (Fsp3) is 0.278. The summed E-state index contributed by atoms with van der Waals surface area (Å²) in [5.74, 6) is 0.0840. The predicted molar refractivity (Wildman–Crippen MR) is 90.2 cm³/mol. The van der Waals surface area contributed by atoms with Gasteiger partial charge in [0.1, 0.15) is 5.75 Å². The molecular weight excluding hydrogens is 308 g/mol. The summed E-state index contributed by atoms with van der Waals surface area (Å²) in [5, 5.41) is 2.73. The number of rotatable bonds is 6. The van der Waals surface area contributed by atoms with Gasteiger partial charge in [-0.3, -0.25) is 14.4 Å². The number of benzene rings is 1. The average molecular weight is 328 g/mol. The maximum absolute atomic E-state index is 12.1. The van der Waals surface area contributed by atoms with Gasteiger partial charge in [0.2, 0.25) is 5.56 Å². The number of hydrogen-bond donors (Lipinski definition) is 2. The molecule has 6 nitrogen and oxygen atoms in total. The summed E-state index contributed by atoms with van der Waals surface area (Å²) in [5.41, 5.74) is 1.77. The SMILES string of the molecule is CC(=O)c1cccc(OC(C)C(=O)NCc2cc(C)[nH]c(=O)c2)c1. The van der Waals surface area contributed by atoms with E-state index in [1.54, 1.807) is 44.2 Å². The third kappa shape index (κ3) is 4.81. The van der Waals surface area contributed by atoms with Gasteiger partial charge in [0.05, 0.1) is 0 Å². The van der Waals surface area contributed by atoms with Crippen LogP contribution < -0.4 is 15.6 Å². The Hall–Kier alpha value is -2.89. The lowest BCUT2D eigenvalue weighted by atomic mass is 10.1. The largest absolute Gasteiger partial charge is 0.481 e. The first kappa shape index (κ1) is 17.5. The number of carbonyl (C=O) groups excluding carboxylic acids is 2. The molecule has 0 spiro atoms. The van der Waals surface area contributed by atoms with Crippen LogP contribution in [0.2, 0.25) is 0 Å². The maximum Gasteiger partial charge on any atom is 0.261 e. The molecule has 0 radical (unpaired) electrons. The van der Waals surface area contributed by atoms with Crippen LogP contribution in [0.4, 0.5) is 0 Å². The molecule has 6 heteroatoms. The van der Waals surface area contributed by atoms with E-state index < -0.39 is 6.10 Å². The van der Waals surface area contributed by atoms with Crippen molar-refractivity contribution in [1.29, 1.82) is 0 Å². The summed E-state index contributed by atoms with van der Waals surface area (Å²) >= 11 is 0. The first-order valence-corrected chi connectivity index (χ1v) is 7.60. The number of hydrogen-bond acceptors (Lipinski definition) is 4. The van der Waals surface area contributed by atoms with Crippen molar-refractivity contribution < 1.29 is 14.3 Å². The molecule has 0 aliphatic heterocycles. The molecule has 1 atom stereocenters. The van der Waals surface area contributed by atoms with Crippen LogP contribution in [0.1, 0.15) is 35.5 Å². The molecular formula is C18H20N2O4. The first-order chi connectivity index (χ1) is 11.3. The van der Waals surface area contributed by atoms with Crippen LogP contribution in [0.15, 0.2) is 41.2 Å². The summed E-state index contributed by atoms with van der Waals surface area (Å²) in [6.07, 6.45) is -0.727. The average Bonchev–Trinajstić information content (AvgIpc) is 2.51. The zero-order valence-corrected chi connectivity index (χ0v) is 13.9. The van der Waals surface area contributed by atoms with E-state index in [1.807, 2.05) is 0 Å². The number of nitrogens with one attached hydrogen (secondary N) is 2. The highest BCUT2D eigenvalue weighted by Crippen LogP contribution is 2.15. The van der Waals surface area contributed by atoms with Crippen LogP contribution in [0.5, 0.6) is 5.75 Å². The van der Waals surface area contributed by atoms with Crippen LogP contribution in [-0.2, 0) is 11.3 Å². The first-order valence-electron chi connectivity index (χ1n) is 7.60. The lowest BCUT2D eigenvalue weighted by molar-refractivity contribution is -0.127. The number of amides is 1. The summed E-state index contributed by atoms with van der Waals surface area (Å²) < 4.78 is 5.57. The Morgan fingerprint density at radius 2 is 2.00 bits per heavy atom. The number of H-pyrrole nitrogens is 1. The van der Waals surface area contributed by atoms with E-state index in [0.29, 0.717) is 11.3 Å². The summed E-state index contributed by atoms with van der Waals surface area (Å²) in [6.45, 7) is 5.11. The van der Waals surface area contributed by atoms with Crippen LogP contribution in [0.3, 0.4) is 0 Å². The minimum Gasteiger partial charge on any atom is -0.481 e. The molecule has 1 aromatic carbocycles. The van der Waals surface area contributed by atoms with Crippen molar-refractivity contribution in [2.45, 2.75) is 33.4 Å². The molecule has 0 bridgehead atoms. The highest BCUT2D eigenvalue weighted by atomic mass is 16.5. The van der Waals surface area contributed by atoms with Gasteiger partial charge in [0, 0.05) is 23.9 Å². The molecule has 2 aromatic rings. The van der Waals surface area contributed by atoms with E-state index in [0.717, 1.165) is 11.3 Å².